The molecule has 2 N–H and O–H groups in total. The highest BCUT2D eigenvalue weighted by atomic mass is 19.1. The number of dihydropyridines is 1. The fourth-order valence-corrected chi connectivity index (χ4v) is 4.44. The van der Waals surface area contributed by atoms with Crippen molar-refractivity contribution in [1.29, 1.82) is 0 Å². The quantitative estimate of drug-likeness (QED) is 0.686. The second-order valence-corrected chi connectivity index (χ2v) is 8.35. The summed E-state index contributed by atoms with van der Waals surface area (Å²) in [4.78, 5) is 23.8. The number of nitrogens with zero attached hydrogens (tertiary/aromatic N) is 4. The molecule has 3 aliphatic heterocycles. The number of hydrogen-bond donors (Lipinski definition) is 2. The minimum atomic E-state index is -0.565. The van der Waals surface area contributed by atoms with E-state index in [1.807, 2.05) is 19.1 Å². The van der Waals surface area contributed by atoms with Crippen LogP contribution in [0.1, 0.15) is 35.3 Å². The van der Waals surface area contributed by atoms with Crippen LogP contribution in [0, 0.1) is 0 Å². The Morgan fingerprint density at radius 3 is 2.94 bits per heavy atom. The first kappa shape index (κ1) is 21.5. The van der Waals surface area contributed by atoms with Gasteiger partial charge in [0.05, 0.1) is 18.8 Å². The van der Waals surface area contributed by atoms with Gasteiger partial charge < -0.3 is 10.1 Å². The van der Waals surface area contributed by atoms with E-state index in [1.165, 1.54) is 10.7 Å². The molecule has 2 aromatic heterocycles. The topological polar surface area (TPSA) is 84.3 Å². The van der Waals surface area contributed by atoms with Crippen LogP contribution in [0.25, 0.3) is 11.6 Å². The summed E-state index contributed by atoms with van der Waals surface area (Å²) in [6.45, 7) is 3.37. The van der Waals surface area contributed by atoms with E-state index in [0.717, 1.165) is 29.5 Å². The lowest BCUT2D eigenvalue weighted by Gasteiger charge is -2.38. The highest BCUT2D eigenvalue weighted by Crippen LogP contribution is 2.29. The first-order valence-electron chi connectivity index (χ1n) is 10.7. The molecule has 5 heterocycles. The molecule has 1 atom stereocenters. The molecule has 0 spiro atoms. The molecule has 0 saturated carbocycles. The van der Waals surface area contributed by atoms with Gasteiger partial charge in [0.2, 0.25) is 0 Å². The molecule has 0 bridgehead atoms. The van der Waals surface area contributed by atoms with Crippen molar-refractivity contribution in [3.8, 4) is 0 Å². The molecule has 0 radical (unpaired) electrons. The zero-order chi connectivity index (χ0) is 23.1. The Morgan fingerprint density at radius 1 is 1.27 bits per heavy atom. The van der Waals surface area contributed by atoms with Gasteiger partial charge in [-0.1, -0.05) is 0 Å². The summed E-state index contributed by atoms with van der Waals surface area (Å²) < 4.78 is 34.5. The minimum absolute atomic E-state index is 0.175. The highest BCUT2D eigenvalue weighted by molar-refractivity contribution is 5.77. The SMILES string of the molecule is COCc1cc(=O)n2c(n1)C=C(C)C(N1CCc3ncc(C4=C(F)CNC(F)=C4)cc3C1)N2. The molecule has 33 heavy (non-hydrogen) atoms. The van der Waals surface area contributed by atoms with Crippen LogP contribution in [0.3, 0.4) is 0 Å². The van der Waals surface area contributed by atoms with E-state index in [-0.39, 0.29) is 30.4 Å². The number of rotatable bonds is 4. The molecule has 0 saturated heterocycles. The Kier molecular flexibility index (Phi) is 5.55. The Balaban J connectivity index is 1.42. The van der Waals surface area contributed by atoms with Crippen LogP contribution in [-0.4, -0.2) is 45.9 Å². The van der Waals surface area contributed by atoms with Gasteiger partial charge in [-0.05, 0) is 30.2 Å². The van der Waals surface area contributed by atoms with Gasteiger partial charge in [0.25, 0.3) is 5.56 Å². The monoisotopic (exact) mass is 454 g/mol. The molecule has 0 aromatic carbocycles. The van der Waals surface area contributed by atoms with Crippen LogP contribution in [0.4, 0.5) is 8.78 Å². The van der Waals surface area contributed by atoms with Crippen molar-refractivity contribution in [2.24, 2.45) is 0 Å². The number of fused-ring (bicyclic) bond motifs is 2. The van der Waals surface area contributed by atoms with Gasteiger partial charge in [0, 0.05) is 61.8 Å². The van der Waals surface area contributed by atoms with Crippen LogP contribution in [0.2, 0.25) is 0 Å². The number of nitrogens with one attached hydrogen (secondary N) is 2. The molecule has 2 aromatic rings. The van der Waals surface area contributed by atoms with Crippen molar-refractivity contribution < 1.29 is 13.5 Å². The Morgan fingerprint density at radius 2 is 2.12 bits per heavy atom. The van der Waals surface area contributed by atoms with Gasteiger partial charge in [0.15, 0.2) is 11.8 Å². The lowest BCUT2D eigenvalue weighted by Crippen LogP contribution is -2.51. The first-order valence-corrected chi connectivity index (χ1v) is 10.7. The van der Waals surface area contributed by atoms with Gasteiger partial charge in [-0.15, -0.1) is 0 Å². The third-order valence-corrected chi connectivity index (χ3v) is 6.05. The standard InChI is InChI=1S/C23H24F2N6O2/c1-13-5-21-28-16(12-33-2)7-22(32)31(21)29-23(13)30-4-3-19-15(11-30)6-14(9-26-19)17-8-20(25)27-10-18(17)24/h5-9,23,27,29H,3-4,10-12H2,1-2H3. The third-order valence-electron chi connectivity index (χ3n) is 6.05. The summed E-state index contributed by atoms with van der Waals surface area (Å²) in [5, 5.41) is 2.35. The molecule has 172 valence electrons. The van der Waals surface area contributed by atoms with Crippen molar-refractivity contribution in [3.05, 3.63) is 80.4 Å². The van der Waals surface area contributed by atoms with Crippen LogP contribution in [-0.2, 0) is 24.3 Å². The van der Waals surface area contributed by atoms with Gasteiger partial charge in [-0.2, -0.15) is 4.39 Å². The van der Waals surface area contributed by atoms with E-state index in [4.69, 9.17) is 4.74 Å². The van der Waals surface area contributed by atoms with Crippen LogP contribution in [0.15, 0.2) is 46.6 Å². The lowest BCUT2D eigenvalue weighted by atomic mass is 9.98. The van der Waals surface area contributed by atoms with Crippen LogP contribution < -0.4 is 16.3 Å². The maximum absolute atomic E-state index is 14.3. The summed E-state index contributed by atoms with van der Waals surface area (Å²) in [7, 11) is 1.56. The highest BCUT2D eigenvalue weighted by Gasteiger charge is 2.29. The summed E-state index contributed by atoms with van der Waals surface area (Å²) in [5.41, 5.74) is 7.32. The van der Waals surface area contributed by atoms with E-state index >= 15 is 0 Å². The van der Waals surface area contributed by atoms with E-state index in [1.54, 1.807) is 13.3 Å². The summed E-state index contributed by atoms with van der Waals surface area (Å²) >= 11 is 0. The number of ether oxygens (including phenoxy) is 1. The predicted molar refractivity (Wildman–Crippen MR) is 120 cm³/mol. The van der Waals surface area contributed by atoms with Gasteiger partial charge in [-0.25, -0.2) is 14.1 Å². The number of allylic oxidation sites excluding steroid dienone is 2. The molecule has 1 unspecified atom stereocenters. The molecule has 8 nitrogen and oxygen atoms in total. The van der Waals surface area contributed by atoms with E-state index < -0.39 is 11.8 Å². The van der Waals surface area contributed by atoms with Crippen LogP contribution >= 0.6 is 0 Å². The third kappa shape index (κ3) is 4.07. The minimum Gasteiger partial charge on any atom is -0.378 e. The molecule has 10 heteroatoms. The Labute approximate surface area is 189 Å². The van der Waals surface area contributed by atoms with E-state index in [2.05, 4.69) is 25.6 Å². The molecule has 0 fully saturated rings. The largest absolute Gasteiger partial charge is 0.378 e. The first-order chi connectivity index (χ1) is 15.9. The fraction of sp³-hybridized carbons (Fsp3) is 0.348. The van der Waals surface area contributed by atoms with Crippen molar-refractivity contribution >= 4 is 11.6 Å². The second kappa shape index (κ2) is 8.53. The molecular formula is C23H24F2N6O2. The number of aromatic nitrogens is 3. The Bertz CT molecular complexity index is 1270. The van der Waals surface area contributed by atoms with E-state index in [9.17, 15) is 13.6 Å². The van der Waals surface area contributed by atoms with Crippen LogP contribution in [0.5, 0.6) is 0 Å². The molecule has 0 aliphatic carbocycles. The van der Waals surface area contributed by atoms with Crippen molar-refractivity contribution in [2.75, 3.05) is 25.6 Å². The van der Waals surface area contributed by atoms with Gasteiger partial charge in [-0.3, -0.25) is 20.1 Å². The van der Waals surface area contributed by atoms with E-state index in [0.29, 0.717) is 30.0 Å². The lowest BCUT2D eigenvalue weighted by molar-refractivity contribution is 0.180. The number of methoxy groups -OCH3 is 1. The fourth-order valence-electron chi connectivity index (χ4n) is 4.44. The van der Waals surface area contributed by atoms with Gasteiger partial charge >= 0.3 is 0 Å². The normalized spacial score (nSPS) is 20.3. The maximum Gasteiger partial charge on any atom is 0.272 e. The Hall–Kier alpha value is -3.37. The van der Waals surface area contributed by atoms with Gasteiger partial charge in [0.1, 0.15) is 12.0 Å². The number of pyridine rings is 1. The maximum atomic E-state index is 14.3. The smallest absolute Gasteiger partial charge is 0.272 e. The molecule has 5 rings (SSSR count). The number of hydrogen-bond acceptors (Lipinski definition) is 7. The number of halogens is 2. The molecular weight excluding hydrogens is 430 g/mol. The zero-order valence-corrected chi connectivity index (χ0v) is 18.4. The van der Waals surface area contributed by atoms with Crippen molar-refractivity contribution in [2.45, 2.75) is 32.7 Å². The van der Waals surface area contributed by atoms with Crippen molar-refractivity contribution in [3.63, 3.8) is 0 Å². The summed E-state index contributed by atoms with van der Waals surface area (Å²) in [6, 6.07) is 3.33. The summed E-state index contributed by atoms with van der Waals surface area (Å²) in [5.74, 6) is -0.453. The molecule has 0 amide bonds. The second-order valence-electron chi connectivity index (χ2n) is 8.35. The average molecular weight is 454 g/mol. The predicted octanol–water partition coefficient (Wildman–Crippen LogP) is 2.22. The van der Waals surface area contributed by atoms with Crippen molar-refractivity contribution in [1.82, 2.24) is 24.9 Å². The zero-order valence-electron chi connectivity index (χ0n) is 18.4. The average Bonchev–Trinajstić information content (AvgIpc) is 2.80. The summed E-state index contributed by atoms with van der Waals surface area (Å²) in [6.07, 6.45) is 5.15. The molecule has 3 aliphatic rings.